The topological polar surface area (TPSA) is 90.5 Å². The van der Waals surface area contributed by atoms with Crippen molar-refractivity contribution in [3.8, 4) is 17.9 Å². The fourth-order valence-electron chi connectivity index (χ4n) is 2.81. The molecule has 1 aliphatic heterocycles. The zero-order chi connectivity index (χ0) is 24.1. The first kappa shape index (κ1) is 27.9. The van der Waals surface area contributed by atoms with Gasteiger partial charge in [0, 0.05) is 39.0 Å². The summed E-state index contributed by atoms with van der Waals surface area (Å²) >= 11 is 0. The molecule has 1 amide bonds. The zero-order valence-electron chi connectivity index (χ0n) is 20.3. The summed E-state index contributed by atoms with van der Waals surface area (Å²) in [7, 11) is 2.39. The van der Waals surface area contributed by atoms with E-state index in [0.29, 0.717) is 37.3 Å². The van der Waals surface area contributed by atoms with E-state index in [0.717, 1.165) is 6.42 Å². The van der Waals surface area contributed by atoms with E-state index in [9.17, 15) is 4.79 Å². The Bertz CT molecular complexity index is 795. The molecule has 0 saturated carbocycles. The van der Waals surface area contributed by atoms with Crippen molar-refractivity contribution in [3.05, 3.63) is 11.6 Å². The van der Waals surface area contributed by atoms with Gasteiger partial charge in [0.05, 0.1) is 37.1 Å². The molecular weight excluding hydrogens is 425 g/mol. The van der Waals surface area contributed by atoms with Crippen molar-refractivity contribution < 1.29 is 13.8 Å². The van der Waals surface area contributed by atoms with E-state index in [2.05, 4.69) is 60.3 Å². The van der Waals surface area contributed by atoms with Crippen LogP contribution in [0.3, 0.4) is 0 Å². The first-order valence-corrected chi connectivity index (χ1v) is 12.1. The van der Waals surface area contributed by atoms with Crippen molar-refractivity contribution in [2.45, 2.75) is 78.5 Å². The van der Waals surface area contributed by atoms with Crippen molar-refractivity contribution in [3.63, 3.8) is 0 Å². The van der Waals surface area contributed by atoms with Gasteiger partial charge in [-0.3, -0.25) is 4.79 Å². The van der Waals surface area contributed by atoms with Crippen LogP contribution >= 0.6 is 8.53 Å². The van der Waals surface area contributed by atoms with Gasteiger partial charge in [-0.2, -0.15) is 10.3 Å². The van der Waals surface area contributed by atoms with Gasteiger partial charge in [0.1, 0.15) is 5.84 Å². The molecular formula is C23H36N5O3P. The molecule has 0 fully saturated rings. The van der Waals surface area contributed by atoms with E-state index in [1.165, 1.54) is 0 Å². The SMILES string of the molecule is CC[C@H](CC#CC1=CCC(N=CN(C)C)=NC1=O)OP(OCCC#N)N(C(C)C)C(C)C. The van der Waals surface area contributed by atoms with Crippen LogP contribution in [0.2, 0.25) is 0 Å². The second-order valence-electron chi connectivity index (χ2n) is 8.05. The Balaban J connectivity index is 2.81. The van der Waals surface area contributed by atoms with Crippen LogP contribution in [-0.4, -0.2) is 66.5 Å². The molecule has 0 saturated heterocycles. The third-order valence-corrected chi connectivity index (χ3v) is 6.48. The largest absolute Gasteiger partial charge is 0.369 e. The summed E-state index contributed by atoms with van der Waals surface area (Å²) in [4.78, 5) is 22.2. The minimum Gasteiger partial charge on any atom is -0.369 e. The zero-order valence-corrected chi connectivity index (χ0v) is 21.2. The third-order valence-electron chi connectivity index (χ3n) is 4.30. The van der Waals surface area contributed by atoms with Gasteiger partial charge >= 0.3 is 0 Å². The highest BCUT2D eigenvalue weighted by Gasteiger charge is 2.29. The molecule has 0 aromatic rings. The average Bonchev–Trinajstić information content (AvgIpc) is 2.72. The molecule has 2 atom stereocenters. The molecule has 0 N–H and O–H groups in total. The van der Waals surface area contributed by atoms with E-state index in [4.69, 9.17) is 14.3 Å². The van der Waals surface area contributed by atoms with E-state index >= 15 is 0 Å². The highest BCUT2D eigenvalue weighted by atomic mass is 31.2. The third kappa shape index (κ3) is 10.0. The monoisotopic (exact) mass is 461 g/mol. The van der Waals surface area contributed by atoms with Crippen molar-refractivity contribution in [1.82, 2.24) is 9.57 Å². The smallest absolute Gasteiger partial charge is 0.286 e. The number of rotatable bonds is 11. The number of carbonyl (C=O) groups is 1. The summed E-state index contributed by atoms with van der Waals surface area (Å²) in [5.74, 6) is 6.13. The average molecular weight is 462 g/mol. The summed E-state index contributed by atoms with van der Waals surface area (Å²) in [5.41, 5.74) is 0.391. The van der Waals surface area contributed by atoms with Crippen LogP contribution in [-0.2, 0) is 13.8 Å². The maximum atomic E-state index is 12.2. The molecule has 1 unspecified atom stereocenters. The predicted octanol–water partition coefficient (Wildman–Crippen LogP) is 4.30. The van der Waals surface area contributed by atoms with Crippen molar-refractivity contribution in [2.75, 3.05) is 20.7 Å². The summed E-state index contributed by atoms with van der Waals surface area (Å²) < 4.78 is 14.5. The fourth-order valence-corrected chi connectivity index (χ4v) is 4.59. The van der Waals surface area contributed by atoms with Crippen LogP contribution in [0.25, 0.3) is 0 Å². The Morgan fingerprint density at radius 2 is 2.00 bits per heavy atom. The lowest BCUT2D eigenvalue weighted by Crippen LogP contribution is -2.34. The second-order valence-corrected chi connectivity index (χ2v) is 9.46. The molecule has 176 valence electrons. The van der Waals surface area contributed by atoms with Crippen LogP contribution in [0.15, 0.2) is 21.6 Å². The molecule has 0 bridgehead atoms. The molecule has 8 nitrogen and oxygen atoms in total. The van der Waals surface area contributed by atoms with E-state index in [-0.39, 0.29) is 24.1 Å². The van der Waals surface area contributed by atoms with E-state index < -0.39 is 8.53 Å². The molecule has 0 radical (unpaired) electrons. The number of hydrogen-bond acceptors (Lipinski definition) is 6. The lowest BCUT2D eigenvalue weighted by Gasteiger charge is -2.37. The molecule has 9 heteroatoms. The lowest BCUT2D eigenvalue weighted by molar-refractivity contribution is -0.114. The van der Waals surface area contributed by atoms with Crippen LogP contribution in [0.5, 0.6) is 0 Å². The van der Waals surface area contributed by atoms with Gasteiger partial charge in [-0.1, -0.05) is 24.8 Å². The van der Waals surface area contributed by atoms with Crippen LogP contribution in [0.4, 0.5) is 0 Å². The van der Waals surface area contributed by atoms with Gasteiger partial charge in [0.25, 0.3) is 14.4 Å². The number of dihydropyridines is 1. The van der Waals surface area contributed by atoms with Crippen LogP contribution in [0, 0.1) is 23.2 Å². The second kappa shape index (κ2) is 14.9. The van der Waals surface area contributed by atoms with Gasteiger partial charge < -0.3 is 13.9 Å². The Hall–Kier alpha value is -2.09. The molecule has 1 rings (SSSR count). The summed E-state index contributed by atoms with van der Waals surface area (Å²) in [6, 6.07) is 2.58. The minimum absolute atomic E-state index is 0.140. The van der Waals surface area contributed by atoms with Crippen molar-refractivity contribution >= 4 is 26.6 Å². The van der Waals surface area contributed by atoms with Crippen LogP contribution in [0.1, 0.15) is 60.3 Å². The summed E-state index contributed by atoms with van der Waals surface area (Å²) in [5, 5.41) is 8.85. The molecule has 0 aliphatic carbocycles. The number of nitriles is 1. The first-order valence-electron chi connectivity index (χ1n) is 11.0. The predicted molar refractivity (Wildman–Crippen MR) is 130 cm³/mol. The number of aliphatic imine (C=N–C) groups is 2. The van der Waals surface area contributed by atoms with Gasteiger partial charge in [0.15, 0.2) is 0 Å². The quantitative estimate of drug-likeness (QED) is 0.150. The van der Waals surface area contributed by atoms with Crippen LogP contribution < -0.4 is 0 Å². The standard InChI is InChI=1S/C23H36N5O3P/c1-8-21(31-32(30-16-10-15-24)28(18(2)3)19(4)5)12-9-11-20-13-14-22(26-23(20)29)25-17-27(6)7/h13,17-19,21H,8,10,12,14,16H2,1-7H3/t21-,32?/m1/s1. The lowest BCUT2D eigenvalue weighted by atomic mass is 10.1. The van der Waals surface area contributed by atoms with Crippen molar-refractivity contribution in [2.24, 2.45) is 9.98 Å². The molecule has 0 aromatic heterocycles. The maximum Gasteiger partial charge on any atom is 0.286 e. The molecule has 1 aliphatic rings. The number of hydrogen-bond donors (Lipinski definition) is 0. The van der Waals surface area contributed by atoms with Gasteiger partial charge in [-0.05, 0) is 34.1 Å². The number of amides is 1. The highest BCUT2D eigenvalue weighted by Crippen LogP contribution is 2.47. The van der Waals surface area contributed by atoms with E-state index in [1.807, 2.05) is 21.0 Å². The number of carbonyl (C=O) groups excluding carboxylic acids is 1. The molecule has 0 aromatic carbocycles. The van der Waals surface area contributed by atoms with Gasteiger partial charge in [0.2, 0.25) is 0 Å². The molecule has 32 heavy (non-hydrogen) atoms. The highest BCUT2D eigenvalue weighted by molar-refractivity contribution is 7.44. The van der Waals surface area contributed by atoms with Gasteiger partial charge in [-0.25, -0.2) is 9.66 Å². The number of amidine groups is 1. The fraction of sp³-hybridized carbons (Fsp3) is 0.652. The normalized spacial score (nSPS) is 16.0. The Morgan fingerprint density at radius 1 is 1.31 bits per heavy atom. The number of nitrogens with zero attached hydrogens (tertiary/aromatic N) is 5. The van der Waals surface area contributed by atoms with Crippen molar-refractivity contribution in [1.29, 1.82) is 5.26 Å². The first-order chi connectivity index (χ1) is 15.2. The van der Waals surface area contributed by atoms with E-state index in [1.54, 1.807) is 17.3 Å². The minimum atomic E-state index is -1.32. The summed E-state index contributed by atoms with van der Waals surface area (Å²) in [6.45, 7) is 10.8. The summed E-state index contributed by atoms with van der Waals surface area (Å²) in [6.07, 6.45) is 5.27. The Labute approximate surface area is 194 Å². The Morgan fingerprint density at radius 3 is 2.53 bits per heavy atom. The maximum absolute atomic E-state index is 12.2. The molecule has 1 heterocycles. The van der Waals surface area contributed by atoms with Gasteiger partial charge in [-0.15, -0.1) is 0 Å². The molecule has 0 spiro atoms. The Kier molecular flexibility index (Phi) is 13.0.